The number of halogens is 1. The van der Waals surface area contributed by atoms with Gasteiger partial charge in [-0.15, -0.1) is 5.11 Å². The number of benzene rings is 4. The zero-order chi connectivity index (χ0) is 33.4. The molecule has 24 heteroatoms. The first-order valence-corrected chi connectivity index (χ1v) is 16.9. The maximum atomic E-state index is 13.2. The second-order valence-corrected chi connectivity index (χ2v) is 13.6. The molecule has 1 aromatic heterocycles. The molecule has 17 nitrogen and oxygen atoms in total. The van der Waals surface area contributed by atoms with E-state index >= 15 is 0 Å². The van der Waals surface area contributed by atoms with E-state index in [1.807, 2.05) is 0 Å². The molecular formula is C25H15ClN7Na3O10S3. The van der Waals surface area contributed by atoms with Crippen LogP contribution in [0.15, 0.2) is 97.7 Å². The summed E-state index contributed by atoms with van der Waals surface area (Å²) in [5.74, 6) is -1.08. The molecule has 1 heterocycles. The average molecular weight is 774 g/mol. The van der Waals surface area contributed by atoms with Crippen molar-refractivity contribution in [1.29, 1.82) is 0 Å². The minimum Gasteiger partial charge on any atom is -0.871 e. The van der Waals surface area contributed by atoms with E-state index < -0.39 is 56.5 Å². The molecule has 5 rings (SSSR count). The van der Waals surface area contributed by atoms with E-state index in [1.54, 1.807) is 0 Å². The van der Waals surface area contributed by atoms with Crippen molar-refractivity contribution in [1.82, 2.24) is 15.0 Å². The molecule has 0 aliphatic carbocycles. The van der Waals surface area contributed by atoms with Crippen molar-refractivity contribution >= 4 is 87.4 Å². The average Bonchev–Trinajstić information content (AvgIpc) is 2.95. The SMILES string of the molecule is O=S(=O)([O-])c1ccc(N=Nc2c(S(=O)(=O)O)cc3cc(Nc4nc(Cl)nc(Nc5ccc(S(=O)(=O)[O-])cc5)n4)ccc3c2[O-])cc1.[Na+].[Na+].[Na+]. The molecule has 0 bridgehead atoms. The summed E-state index contributed by atoms with van der Waals surface area (Å²) >= 11 is 6.01. The number of nitrogens with zero attached hydrogens (tertiary/aromatic N) is 5. The van der Waals surface area contributed by atoms with Crippen LogP contribution in [-0.2, 0) is 30.4 Å². The first kappa shape index (κ1) is 43.3. The minimum atomic E-state index is -5.01. The summed E-state index contributed by atoms with van der Waals surface area (Å²) in [7, 11) is -14.4. The van der Waals surface area contributed by atoms with Crippen molar-refractivity contribution in [3.05, 3.63) is 78.1 Å². The van der Waals surface area contributed by atoms with Crippen LogP contribution in [0.4, 0.5) is 34.6 Å². The Morgan fingerprint density at radius 3 is 1.67 bits per heavy atom. The van der Waals surface area contributed by atoms with Crippen LogP contribution in [0, 0.1) is 0 Å². The van der Waals surface area contributed by atoms with Crippen LogP contribution in [0.5, 0.6) is 5.75 Å². The van der Waals surface area contributed by atoms with Gasteiger partial charge in [0.2, 0.25) is 17.2 Å². The maximum absolute atomic E-state index is 13.2. The zero-order valence-corrected chi connectivity index (χ0v) is 34.6. The normalized spacial score (nSPS) is 11.7. The van der Waals surface area contributed by atoms with E-state index in [4.69, 9.17) is 11.6 Å². The van der Waals surface area contributed by atoms with E-state index in [0.717, 1.165) is 42.5 Å². The van der Waals surface area contributed by atoms with E-state index in [1.165, 1.54) is 30.3 Å². The number of nitrogens with one attached hydrogen (secondary N) is 2. The Balaban J connectivity index is 0.00000278. The molecule has 3 N–H and O–H groups in total. The van der Waals surface area contributed by atoms with Crippen LogP contribution in [0.2, 0.25) is 5.28 Å². The van der Waals surface area contributed by atoms with Crippen molar-refractivity contribution in [2.24, 2.45) is 10.2 Å². The van der Waals surface area contributed by atoms with Crippen LogP contribution in [0.3, 0.4) is 0 Å². The zero-order valence-electron chi connectivity index (χ0n) is 25.4. The molecule has 0 fully saturated rings. The van der Waals surface area contributed by atoms with Crippen molar-refractivity contribution in [3.8, 4) is 5.75 Å². The molecule has 0 radical (unpaired) electrons. The van der Waals surface area contributed by atoms with Gasteiger partial charge >= 0.3 is 88.7 Å². The second-order valence-electron chi connectivity index (χ2n) is 9.09. The molecular weight excluding hydrogens is 759 g/mol. The number of aromatic nitrogens is 3. The predicted molar refractivity (Wildman–Crippen MR) is 158 cm³/mol. The van der Waals surface area contributed by atoms with Crippen LogP contribution < -0.4 is 104 Å². The molecule has 0 spiro atoms. The molecule has 0 amide bonds. The number of hydrogen-bond acceptors (Lipinski definition) is 16. The number of anilines is 4. The predicted octanol–water partition coefficient (Wildman–Crippen LogP) is -5.28. The number of azo groups is 1. The van der Waals surface area contributed by atoms with Gasteiger partial charge in [-0.25, -0.2) is 16.8 Å². The van der Waals surface area contributed by atoms with E-state index in [9.17, 15) is 44.0 Å². The molecule has 4 aromatic carbocycles. The molecule has 49 heavy (non-hydrogen) atoms. The number of rotatable bonds is 9. The van der Waals surface area contributed by atoms with Gasteiger partial charge in [0.15, 0.2) is 0 Å². The van der Waals surface area contributed by atoms with Crippen LogP contribution in [0.1, 0.15) is 0 Å². The van der Waals surface area contributed by atoms with Gasteiger partial charge < -0.3 is 24.8 Å². The Morgan fingerprint density at radius 1 is 0.673 bits per heavy atom. The fourth-order valence-electron chi connectivity index (χ4n) is 3.92. The Morgan fingerprint density at radius 2 is 1.16 bits per heavy atom. The molecule has 0 aliphatic rings. The van der Waals surface area contributed by atoms with Gasteiger partial charge in [-0.05, 0) is 89.1 Å². The summed E-state index contributed by atoms with van der Waals surface area (Å²) in [5.41, 5.74) is -0.191. The molecule has 0 saturated heterocycles. The standard InChI is InChI=1S/C25H18ClN7O10S3.3Na/c26-23-29-24(27-14-1-6-17(7-2-14)44(35,36)37)31-25(30-23)28-16-5-10-19-13(11-16)12-20(46(41,42)43)21(22(19)34)33-32-15-3-8-18(9-4-15)45(38,39)40;;;/h1-12,34H,(H,35,36,37)(H,38,39,40)(H,41,42,43)(H2,27,28,29,30,31);;;/q;3*+1/p-3. The fourth-order valence-corrected chi connectivity index (χ4v) is 5.67. The van der Waals surface area contributed by atoms with E-state index in [2.05, 4.69) is 35.8 Å². The van der Waals surface area contributed by atoms with E-state index in [-0.39, 0.29) is 128 Å². The fraction of sp³-hybridized carbons (Fsp3) is 0. The molecule has 0 saturated carbocycles. The third-order valence-electron chi connectivity index (χ3n) is 5.96. The third kappa shape index (κ3) is 11.1. The second kappa shape index (κ2) is 17.1. The van der Waals surface area contributed by atoms with Crippen molar-refractivity contribution in [3.63, 3.8) is 0 Å². The van der Waals surface area contributed by atoms with Crippen molar-refractivity contribution < 1.29 is 133 Å². The molecule has 0 aliphatic heterocycles. The van der Waals surface area contributed by atoms with Crippen molar-refractivity contribution in [2.75, 3.05) is 10.6 Å². The van der Waals surface area contributed by atoms with E-state index in [0.29, 0.717) is 5.69 Å². The summed E-state index contributed by atoms with van der Waals surface area (Å²) in [5, 5.41) is 26.0. The summed E-state index contributed by atoms with van der Waals surface area (Å²) in [6.45, 7) is 0. The van der Waals surface area contributed by atoms with Gasteiger partial charge in [0.25, 0.3) is 10.1 Å². The molecule has 0 unspecified atom stereocenters. The number of hydrogen-bond donors (Lipinski definition) is 3. The monoisotopic (exact) mass is 773 g/mol. The van der Waals surface area contributed by atoms with Gasteiger partial charge in [-0.3, -0.25) is 4.55 Å². The molecule has 5 aromatic rings. The minimum absolute atomic E-state index is 0. The quantitative estimate of drug-likeness (QED) is 0.0717. The van der Waals surface area contributed by atoms with Crippen LogP contribution >= 0.6 is 11.6 Å². The Bertz CT molecular complexity index is 2370. The van der Waals surface area contributed by atoms with Crippen LogP contribution in [0.25, 0.3) is 10.8 Å². The summed E-state index contributed by atoms with van der Waals surface area (Å²) in [6.07, 6.45) is 0. The summed E-state index contributed by atoms with van der Waals surface area (Å²) in [6, 6.07) is 14.0. The topological polar surface area (TPSA) is 279 Å². The van der Waals surface area contributed by atoms with Crippen molar-refractivity contribution in [2.45, 2.75) is 14.7 Å². The van der Waals surface area contributed by atoms with Gasteiger partial charge in [-0.2, -0.15) is 28.5 Å². The smallest absolute Gasteiger partial charge is 0.871 e. The Labute approximate surface area is 350 Å². The first-order chi connectivity index (χ1) is 21.5. The van der Waals surface area contributed by atoms with Gasteiger partial charge in [0.1, 0.15) is 25.1 Å². The van der Waals surface area contributed by atoms with Crippen LogP contribution in [-0.4, -0.2) is 53.9 Å². The maximum Gasteiger partial charge on any atom is 1.00 e. The summed E-state index contributed by atoms with van der Waals surface area (Å²) < 4.78 is 101. The van der Waals surface area contributed by atoms with Gasteiger partial charge in [0, 0.05) is 11.4 Å². The molecule has 238 valence electrons. The Hall–Kier alpha value is -1.83. The number of fused-ring (bicyclic) bond motifs is 1. The largest absolute Gasteiger partial charge is 1.00 e. The third-order valence-corrected chi connectivity index (χ3v) is 8.70. The summed E-state index contributed by atoms with van der Waals surface area (Å²) in [4.78, 5) is 10.2. The first-order valence-electron chi connectivity index (χ1n) is 12.2. The Kier molecular flexibility index (Phi) is 15.1. The molecule has 0 atom stereocenters. The van der Waals surface area contributed by atoms with Gasteiger partial charge in [-0.1, -0.05) is 11.8 Å². The van der Waals surface area contributed by atoms with Gasteiger partial charge in [0.05, 0.1) is 21.2 Å².